The zero-order valence-electron chi connectivity index (χ0n) is 13.1. The van der Waals surface area contributed by atoms with Crippen LogP contribution in [0.4, 0.5) is 0 Å². The fourth-order valence-corrected chi connectivity index (χ4v) is 2.76. The van der Waals surface area contributed by atoms with Crippen molar-refractivity contribution in [2.24, 2.45) is 0 Å². The lowest BCUT2D eigenvalue weighted by atomic mass is 10.0. The third-order valence-electron chi connectivity index (χ3n) is 3.46. The van der Waals surface area contributed by atoms with Crippen molar-refractivity contribution in [3.05, 3.63) is 28.2 Å². The van der Waals surface area contributed by atoms with E-state index < -0.39 is 0 Å². The highest BCUT2D eigenvalue weighted by atomic mass is 79.9. The molecule has 0 aromatic heterocycles. The van der Waals surface area contributed by atoms with Gasteiger partial charge in [-0.3, -0.25) is 0 Å². The number of hydrogen-bond donors (Lipinski definition) is 1. The standard InChI is InChI=1S/C18H26BrNO/c1-4-7-9-17(8-5-2)20-14-15-13-16(19)10-11-18(15)21-12-6-3/h3,10-11,13,17,20H,4-5,7-9,12,14H2,1-2H3. The van der Waals surface area contributed by atoms with Gasteiger partial charge in [-0.2, -0.15) is 0 Å². The maximum Gasteiger partial charge on any atom is 0.148 e. The predicted octanol–water partition coefficient (Wildman–Crippen LogP) is 4.91. The van der Waals surface area contributed by atoms with Crippen molar-refractivity contribution in [3.63, 3.8) is 0 Å². The van der Waals surface area contributed by atoms with Crippen LogP contribution in [0.15, 0.2) is 22.7 Å². The molecule has 0 bridgehead atoms. The van der Waals surface area contributed by atoms with Crippen molar-refractivity contribution in [1.82, 2.24) is 5.32 Å². The Labute approximate surface area is 137 Å². The van der Waals surface area contributed by atoms with Crippen LogP contribution in [0, 0.1) is 12.3 Å². The van der Waals surface area contributed by atoms with Crippen molar-refractivity contribution in [2.75, 3.05) is 6.61 Å². The van der Waals surface area contributed by atoms with E-state index in [-0.39, 0.29) is 0 Å². The molecule has 116 valence electrons. The summed E-state index contributed by atoms with van der Waals surface area (Å²) < 4.78 is 6.68. The van der Waals surface area contributed by atoms with Gasteiger partial charge in [-0.1, -0.05) is 55.0 Å². The van der Waals surface area contributed by atoms with Crippen LogP contribution in [-0.2, 0) is 6.54 Å². The van der Waals surface area contributed by atoms with Crippen LogP contribution in [0.1, 0.15) is 51.5 Å². The fourth-order valence-electron chi connectivity index (χ4n) is 2.35. The lowest BCUT2D eigenvalue weighted by molar-refractivity contribution is 0.361. The van der Waals surface area contributed by atoms with Crippen LogP contribution in [0.2, 0.25) is 0 Å². The Morgan fingerprint density at radius 3 is 2.76 bits per heavy atom. The summed E-state index contributed by atoms with van der Waals surface area (Å²) in [7, 11) is 0. The molecule has 1 rings (SSSR count). The molecule has 1 aromatic rings. The molecule has 3 heteroatoms. The highest BCUT2D eigenvalue weighted by Gasteiger charge is 2.09. The molecule has 21 heavy (non-hydrogen) atoms. The highest BCUT2D eigenvalue weighted by molar-refractivity contribution is 9.10. The Morgan fingerprint density at radius 2 is 2.10 bits per heavy atom. The van der Waals surface area contributed by atoms with E-state index in [1.807, 2.05) is 12.1 Å². The predicted molar refractivity (Wildman–Crippen MR) is 93.5 cm³/mol. The van der Waals surface area contributed by atoms with Gasteiger partial charge in [-0.25, -0.2) is 0 Å². The first-order valence-corrected chi connectivity index (χ1v) is 8.58. The van der Waals surface area contributed by atoms with Gasteiger partial charge in [0.2, 0.25) is 0 Å². The van der Waals surface area contributed by atoms with Gasteiger partial charge in [0.15, 0.2) is 0 Å². The zero-order valence-corrected chi connectivity index (χ0v) is 14.7. The number of terminal acetylenes is 1. The lowest BCUT2D eigenvalue weighted by Gasteiger charge is -2.19. The molecule has 2 nitrogen and oxygen atoms in total. The summed E-state index contributed by atoms with van der Waals surface area (Å²) in [4.78, 5) is 0. The summed E-state index contributed by atoms with van der Waals surface area (Å²) in [5.74, 6) is 3.39. The molecular weight excluding hydrogens is 326 g/mol. The molecule has 0 aliphatic rings. The zero-order chi connectivity index (χ0) is 15.5. The van der Waals surface area contributed by atoms with Crippen LogP contribution in [-0.4, -0.2) is 12.6 Å². The second kappa shape index (κ2) is 10.7. The van der Waals surface area contributed by atoms with Crippen molar-refractivity contribution < 1.29 is 4.74 Å². The average Bonchev–Trinajstić information content (AvgIpc) is 2.49. The molecule has 0 heterocycles. The molecule has 1 N–H and O–H groups in total. The Balaban J connectivity index is 2.66. The summed E-state index contributed by atoms with van der Waals surface area (Å²) in [5, 5.41) is 3.66. The molecule has 0 saturated carbocycles. The molecule has 0 radical (unpaired) electrons. The molecule has 0 aliphatic carbocycles. The van der Waals surface area contributed by atoms with E-state index in [4.69, 9.17) is 11.2 Å². The van der Waals surface area contributed by atoms with Crippen molar-refractivity contribution in [1.29, 1.82) is 0 Å². The third kappa shape index (κ3) is 7.02. The van der Waals surface area contributed by atoms with E-state index in [9.17, 15) is 0 Å². The summed E-state index contributed by atoms with van der Waals surface area (Å²) in [5.41, 5.74) is 1.15. The van der Waals surface area contributed by atoms with E-state index in [2.05, 4.69) is 47.1 Å². The number of rotatable bonds is 10. The minimum absolute atomic E-state index is 0.308. The smallest absolute Gasteiger partial charge is 0.148 e. The average molecular weight is 352 g/mol. The van der Waals surface area contributed by atoms with Gasteiger partial charge >= 0.3 is 0 Å². The van der Waals surface area contributed by atoms with Gasteiger partial charge in [-0.15, -0.1) is 6.42 Å². The molecule has 0 spiro atoms. The molecule has 0 saturated heterocycles. The maximum absolute atomic E-state index is 5.62. The minimum atomic E-state index is 0.308. The highest BCUT2D eigenvalue weighted by Crippen LogP contribution is 2.23. The first kappa shape index (κ1) is 18.1. The first-order valence-electron chi connectivity index (χ1n) is 7.79. The molecular formula is C18H26BrNO. The van der Waals surface area contributed by atoms with Gasteiger partial charge < -0.3 is 10.1 Å². The van der Waals surface area contributed by atoms with Gasteiger partial charge in [0.05, 0.1) is 0 Å². The first-order chi connectivity index (χ1) is 10.2. The number of halogens is 1. The number of ether oxygens (including phenoxy) is 1. The van der Waals surface area contributed by atoms with Gasteiger partial charge in [0, 0.05) is 22.6 Å². The van der Waals surface area contributed by atoms with E-state index in [0.717, 1.165) is 22.3 Å². The Hall–Kier alpha value is -0.980. The van der Waals surface area contributed by atoms with Gasteiger partial charge in [0.25, 0.3) is 0 Å². The molecule has 1 atom stereocenters. The Morgan fingerprint density at radius 1 is 1.29 bits per heavy atom. The molecule has 0 amide bonds. The van der Waals surface area contributed by atoms with Gasteiger partial charge in [-0.05, 0) is 31.0 Å². The maximum atomic E-state index is 5.62. The summed E-state index contributed by atoms with van der Waals surface area (Å²) in [6, 6.07) is 6.63. The number of hydrogen-bond acceptors (Lipinski definition) is 2. The number of nitrogens with one attached hydrogen (secondary N) is 1. The Kier molecular flexibility index (Phi) is 9.21. The normalized spacial score (nSPS) is 11.9. The number of benzene rings is 1. The molecule has 0 aliphatic heterocycles. The van der Waals surface area contributed by atoms with Gasteiger partial charge in [0.1, 0.15) is 12.4 Å². The van der Waals surface area contributed by atoms with Crippen LogP contribution < -0.4 is 10.1 Å². The van der Waals surface area contributed by atoms with Crippen LogP contribution in [0.25, 0.3) is 0 Å². The molecule has 1 unspecified atom stereocenters. The topological polar surface area (TPSA) is 21.3 Å². The minimum Gasteiger partial charge on any atom is -0.481 e. The SMILES string of the molecule is C#CCOc1ccc(Br)cc1CNC(CCC)CCCC. The molecule has 0 fully saturated rings. The van der Waals surface area contributed by atoms with E-state index >= 15 is 0 Å². The lowest BCUT2D eigenvalue weighted by Crippen LogP contribution is -2.28. The van der Waals surface area contributed by atoms with E-state index in [0.29, 0.717) is 12.6 Å². The Bertz CT molecular complexity index is 453. The van der Waals surface area contributed by atoms with Crippen LogP contribution >= 0.6 is 15.9 Å². The largest absolute Gasteiger partial charge is 0.481 e. The second-order valence-electron chi connectivity index (χ2n) is 5.25. The second-order valence-corrected chi connectivity index (χ2v) is 6.17. The third-order valence-corrected chi connectivity index (χ3v) is 3.95. The van der Waals surface area contributed by atoms with Crippen molar-refractivity contribution in [3.8, 4) is 18.1 Å². The van der Waals surface area contributed by atoms with Crippen molar-refractivity contribution >= 4 is 15.9 Å². The summed E-state index contributed by atoms with van der Waals surface area (Å²) in [6.07, 6.45) is 11.5. The number of unbranched alkanes of at least 4 members (excludes halogenated alkanes) is 1. The van der Waals surface area contributed by atoms with Crippen LogP contribution in [0.3, 0.4) is 0 Å². The monoisotopic (exact) mass is 351 g/mol. The summed E-state index contributed by atoms with van der Waals surface area (Å²) in [6.45, 7) is 5.60. The quantitative estimate of drug-likeness (QED) is 0.604. The van der Waals surface area contributed by atoms with Crippen molar-refractivity contribution in [2.45, 2.75) is 58.5 Å². The summed E-state index contributed by atoms with van der Waals surface area (Å²) >= 11 is 3.52. The fraction of sp³-hybridized carbons (Fsp3) is 0.556. The van der Waals surface area contributed by atoms with E-state index in [1.54, 1.807) is 0 Å². The molecule has 1 aromatic carbocycles. The van der Waals surface area contributed by atoms with Crippen LogP contribution in [0.5, 0.6) is 5.75 Å². The van der Waals surface area contributed by atoms with E-state index in [1.165, 1.54) is 32.1 Å².